The molecule has 0 bridgehead atoms. The van der Waals surface area contributed by atoms with E-state index in [2.05, 4.69) is 10.6 Å². The number of ether oxygens (including phenoxy) is 2. The first kappa shape index (κ1) is 14.7. The zero-order chi connectivity index (χ0) is 14.4. The summed E-state index contributed by atoms with van der Waals surface area (Å²) in [6, 6.07) is 5.80. The van der Waals surface area contributed by atoms with Crippen LogP contribution in [0.1, 0.15) is 18.4 Å². The molecule has 110 valence electrons. The minimum absolute atomic E-state index is 0.0471. The lowest BCUT2D eigenvalue weighted by Crippen LogP contribution is -2.46. The molecule has 5 nitrogen and oxygen atoms in total. The third kappa shape index (κ3) is 3.87. The molecule has 1 heterocycles. The maximum Gasteiger partial charge on any atom is 0.224 e. The van der Waals surface area contributed by atoms with Gasteiger partial charge in [0.15, 0.2) is 11.5 Å². The number of hydrogen-bond donors (Lipinski definition) is 2. The van der Waals surface area contributed by atoms with Crippen LogP contribution in [0.3, 0.4) is 0 Å². The molecule has 1 aromatic rings. The average Bonchev–Trinajstić information content (AvgIpc) is 2.48. The van der Waals surface area contributed by atoms with Gasteiger partial charge in [-0.25, -0.2) is 0 Å². The second-order valence-corrected chi connectivity index (χ2v) is 4.98. The molecule has 1 aromatic carbocycles. The van der Waals surface area contributed by atoms with Crippen LogP contribution in [-0.2, 0) is 11.2 Å². The van der Waals surface area contributed by atoms with Crippen LogP contribution in [0.2, 0.25) is 0 Å². The van der Waals surface area contributed by atoms with Crippen molar-refractivity contribution in [3.05, 3.63) is 23.8 Å². The summed E-state index contributed by atoms with van der Waals surface area (Å²) in [5.74, 6) is 1.37. The lowest BCUT2D eigenvalue weighted by Gasteiger charge is -2.23. The summed E-state index contributed by atoms with van der Waals surface area (Å²) in [6.07, 6.45) is 2.52. The molecule has 5 heteroatoms. The fraction of sp³-hybridized carbons (Fsp3) is 0.533. The number of hydrogen-bond acceptors (Lipinski definition) is 4. The Hall–Kier alpha value is -1.75. The van der Waals surface area contributed by atoms with Gasteiger partial charge in [0.1, 0.15) is 0 Å². The van der Waals surface area contributed by atoms with Crippen molar-refractivity contribution in [1.82, 2.24) is 10.6 Å². The maximum atomic E-state index is 12.0. The van der Waals surface area contributed by atoms with E-state index in [0.717, 1.165) is 31.5 Å². The van der Waals surface area contributed by atoms with Gasteiger partial charge in [-0.2, -0.15) is 0 Å². The quantitative estimate of drug-likeness (QED) is 0.847. The van der Waals surface area contributed by atoms with Gasteiger partial charge < -0.3 is 20.1 Å². The SMILES string of the molecule is COc1ccc(CC(=O)N[C@@H]2CCCNC2)cc1OC. The number of carbonyl (C=O) groups excluding carboxylic acids is 1. The van der Waals surface area contributed by atoms with Crippen LogP contribution in [-0.4, -0.2) is 39.3 Å². The molecule has 0 spiro atoms. The van der Waals surface area contributed by atoms with Gasteiger partial charge in [0.2, 0.25) is 5.91 Å². The van der Waals surface area contributed by atoms with Gasteiger partial charge in [-0.05, 0) is 37.1 Å². The van der Waals surface area contributed by atoms with Crippen molar-refractivity contribution >= 4 is 5.91 Å². The molecule has 1 amide bonds. The van der Waals surface area contributed by atoms with E-state index in [1.807, 2.05) is 18.2 Å². The fourth-order valence-corrected chi connectivity index (χ4v) is 2.43. The Morgan fingerprint density at radius 1 is 1.35 bits per heavy atom. The molecule has 0 saturated carbocycles. The second kappa shape index (κ2) is 7.14. The molecule has 1 aliphatic rings. The van der Waals surface area contributed by atoms with Crippen molar-refractivity contribution < 1.29 is 14.3 Å². The number of nitrogens with one attached hydrogen (secondary N) is 2. The molecule has 1 saturated heterocycles. The van der Waals surface area contributed by atoms with E-state index in [1.54, 1.807) is 14.2 Å². The van der Waals surface area contributed by atoms with Crippen molar-refractivity contribution in [2.45, 2.75) is 25.3 Å². The first-order chi connectivity index (χ1) is 9.72. The van der Waals surface area contributed by atoms with Crippen LogP contribution >= 0.6 is 0 Å². The molecule has 2 rings (SSSR count). The molecule has 20 heavy (non-hydrogen) atoms. The van der Waals surface area contributed by atoms with Gasteiger partial charge >= 0.3 is 0 Å². The summed E-state index contributed by atoms with van der Waals surface area (Å²) < 4.78 is 10.4. The summed E-state index contributed by atoms with van der Waals surface area (Å²) in [5.41, 5.74) is 0.920. The Kier molecular flexibility index (Phi) is 5.24. The molecule has 0 radical (unpaired) electrons. The zero-order valence-corrected chi connectivity index (χ0v) is 12.1. The lowest BCUT2D eigenvalue weighted by molar-refractivity contribution is -0.121. The Bertz CT molecular complexity index is 456. The van der Waals surface area contributed by atoms with Crippen LogP contribution < -0.4 is 20.1 Å². The van der Waals surface area contributed by atoms with Crippen molar-refractivity contribution in [3.63, 3.8) is 0 Å². The molecule has 1 atom stereocenters. The van der Waals surface area contributed by atoms with Gasteiger partial charge in [-0.1, -0.05) is 6.07 Å². The summed E-state index contributed by atoms with van der Waals surface area (Å²) in [6.45, 7) is 1.90. The van der Waals surface area contributed by atoms with Gasteiger partial charge in [0, 0.05) is 12.6 Å². The average molecular weight is 278 g/mol. The largest absolute Gasteiger partial charge is 0.493 e. The zero-order valence-electron chi connectivity index (χ0n) is 12.1. The normalized spacial score (nSPS) is 18.4. The number of carbonyl (C=O) groups is 1. The van der Waals surface area contributed by atoms with Crippen LogP contribution in [0.4, 0.5) is 0 Å². The van der Waals surface area contributed by atoms with Gasteiger partial charge in [0.25, 0.3) is 0 Å². The van der Waals surface area contributed by atoms with E-state index in [-0.39, 0.29) is 11.9 Å². The van der Waals surface area contributed by atoms with Crippen LogP contribution in [0.15, 0.2) is 18.2 Å². The standard InChI is InChI=1S/C15H22N2O3/c1-19-13-6-5-11(8-14(13)20-2)9-15(18)17-12-4-3-7-16-10-12/h5-6,8,12,16H,3-4,7,9-10H2,1-2H3,(H,17,18)/t12-/m1/s1. The monoisotopic (exact) mass is 278 g/mol. The van der Waals surface area contributed by atoms with Crippen LogP contribution in [0, 0.1) is 0 Å². The van der Waals surface area contributed by atoms with Crippen LogP contribution in [0.5, 0.6) is 11.5 Å². The van der Waals surface area contributed by atoms with Crippen LogP contribution in [0.25, 0.3) is 0 Å². The highest BCUT2D eigenvalue weighted by Gasteiger charge is 2.16. The van der Waals surface area contributed by atoms with Gasteiger partial charge in [-0.15, -0.1) is 0 Å². The predicted molar refractivity (Wildman–Crippen MR) is 77.3 cm³/mol. The number of methoxy groups -OCH3 is 2. The molecule has 0 aromatic heterocycles. The molecular formula is C15H22N2O3. The Morgan fingerprint density at radius 3 is 2.80 bits per heavy atom. The lowest BCUT2D eigenvalue weighted by atomic mass is 10.1. The van der Waals surface area contributed by atoms with Gasteiger partial charge in [-0.3, -0.25) is 4.79 Å². The Labute approximate surface area is 119 Å². The van der Waals surface area contributed by atoms with Gasteiger partial charge in [0.05, 0.1) is 20.6 Å². The van der Waals surface area contributed by atoms with E-state index in [9.17, 15) is 4.79 Å². The van der Waals surface area contributed by atoms with E-state index in [1.165, 1.54) is 0 Å². The van der Waals surface area contributed by atoms with Crippen molar-refractivity contribution in [2.75, 3.05) is 27.3 Å². The molecule has 2 N–H and O–H groups in total. The number of piperidine rings is 1. The summed E-state index contributed by atoms with van der Waals surface area (Å²) >= 11 is 0. The second-order valence-electron chi connectivity index (χ2n) is 4.98. The maximum absolute atomic E-state index is 12.0. The van der Waals surface area contributed by atoms with E-state index >= 15 is 0 Å². The first-order valence-electron chi connectivity index (χ1n) is 6.94. The third-order valence-electron chi connectivity index (χ3n) is 3.47. The molecule has 0 unspecified atom stereocenters. The Balaban J connectivity index is 1.93. The van der Waals surface area contributed by atoms with Crippen molar-refractivity contribution in [2.24, 2.45) is 0 Å². The Morgan fingerprint density at radius 2 is 2.15 bits per heavy atom. The van der Waals surface area contributed by atoms with Crippen molar-refractivity contribution in [3.8, 4) is 11.5 Å². The van der Waals surface area contributed by atoms with E-state index < -0.39 is 0 Å². The minimum Gasteiger partial charge on any atom is -0.493 e. The molecular weight excluding hydrogens is 256 g/mol. The number of rotatable bonds is 5. The number of amides is 1. The predicted octanol–water partition coefficient (Wildman–Crippen LogP) is 1.11. The van der Waals surface area contributed by atoms with Crippen molar-refractivity contribution in [1.29, 1.82) is 0 Å². The summed E-state index contributed by atoms with van der Waals surface area (Å²) in [7, 11) is 3.19. The summed E-state index contributed by atoms with van der Waals surface area (Å²) in [5, 5.41) is 6.35. The minimum atomic E-state index is 0.0471. The summed E-state index contributed by atoms with van der Waals surface area (Å²) in [4.78, 5) is 12.0. The molecule has 1 fully saturated rings. The highest BCUT2D eigenvalue weighted by Crippen LogP contribution is 2.27. The third-order valence-corrected chi connectivity index (χ3v) is 3.47. The molecule has 1 aliphatic heterocycles. The smallest absolute Gasteiger partial charge is 0.224 e. The van der Waals surface area contributed by atoms with E-state index in [4.69, 9.17) is 9.47 Å². The van der Waals surface area contributed by atoms with E-state index in [0.29, 0.717) is 17.9 Å². The molecule has 0 aliphatic carbocycles. The highest BCUT2D eigenvalue weighted by atomic mass is 16.5. The fourth-order valence-electron chi connectivity index (χ4n) is 2.43. The number of benzene rings is 1. The topological polar surface area (TPSA) is 59.6 Å². The highest BCUT2D eigenvalue weighted by molar-refractivity contribution is 5.79. The first-order valence-corrected chi connectivity index (χ1v) is 6.94.